The lowest BCUT2D eigenvalue weighted by atomic mass is 9.98. The fraction of sp³-hybridized carbons (Fsp3) is 0.107. The summed E-state index contributed by atoms with van der Waals surface area (Å²) in [5, 5.41) is 11.7. The summed E-state index contributed by atoms with van der Waals surface area (Å²) >= 11 is 0. The molecule has 0 unspecified atom stereocenters. The second kappa shape index (κ2) is 9.58. The van der Waals surface area contributed by atoms with Gasteiger partial charge in [0.15, 0.2) is 0 Å². The molecule has 0 atom stereocenters. The Balaban J connectivity index is 1.30. The SMILES string of the molecule is Cc1c(C(=O)NCc2ccccc2-c2ccc(Cn3cccn3)cc2)cnn1-c1ccccc1. The molecule has 168 valence electrons. The molecule has 0 aliphatic carbocycles. The molecule has 0 fully saturated rings. The molecule has 2 aromatic heterocycles. The standard InChI is InChI=1S/C28H25N5O/c1-21-27(19-31-33(21)25-9-3-2-4-10-25)28(34)29-18-24-8-5-6-11-26(24)23-14-12-22(13-15-23)20-32-17-7-16-30-32/h2-17,19H,18,20H2,1H3,(H,29,34). The van der Waals surface area contributed by atoms with Gasteiger partial charge in [-0.05, 0) is 47.4 Å². The molecule has 5 aromatic rings. The lowest BCUT2D eigenvalue weighted by Crippen LogP contribution is -2.23. The van der Waals surface area contributed by atoms with E-state index >= 15 is 0 Å². The molecule has 34 heavy (non-hydrogen) atoms. The zero-order valence-corrected chi connectivity index (χ0v) is 18.9. The maximum absolute atomic E-state index is 13.0. The summed E-state index contributed by atoms with van der Waals surface area (Å²) in [5.74, 6) is -0.135. The number of nitrogens with one attached hydrogen (secondary N) is 1. The van der Waals surface area contributed by atoms with Gasteiger partial charge in [-0.25, -0.2) is 4.68 Å². The number of para-hydroxylation sites is 1. The van der Waals surface area contributed by atoms with Crippen molar-refractivity contribution in [3.63, 3.8) is 0 Å². The molecule has 0 spiro atoms. The average Bonchev–Trinajstić information content (AvgIpc) is 3.53. The van der Waals surface area contributed by atoms with E-state index in [9.17, 15) is 4.79 Å². The van der Waals surface area contributed by atoms with Crippen molar-refractivity contribution in [3.8, 4) is 16.8 Å². The number of hydrogen-bond donors (Lipinski definition) is 1. The van der Waals surface area contributed by atoms with Gasteiger partial charge in [0.1, 0.15) is 0 Å². The van der Waals surface area contributed by atoms with E-state index in [1.54, 1.807) is 17.1 Å². The monoisotopic (exact) mass is 447 g/mol. The van der Waals surface area contributed by atoms with Crippen molar-refractivity contribution in [1.82, 2.24) is 24.9 Å². The Morgan fingerprint density at radius 2 is 1.65 bits per heavy atom. The minimum atomic E-state index is -0.135. The molecule has 1 N–H and O–H groups in total. The van der Waals surface area contributed by atoms with E-state index in [-0.39, 0.29) is 5.91 Å². The maximum Gasteiger partial charge on any atom is 0.255 e. The van der Waals surface area contributed by atoms with E-state index in [2.05, 4.69) is 45.8 Å². The molecule has 0 saturated heterocycles. The first-order valence-corrected chi connectivity index (χ1v) is 11.2. The Labute approximate surface area is 198 Å². The summed E-state index contributed by atoms with van der Waals surface area (Å²) in [6, 6.07) is 28.4. The Morgan fingerprint density at radius 1 is 0.882 bits per heavy atom. The maximum atomic E-state index is 13.0. The van der Waals surface area contributed by atoms with Crippen LogP contribution >= 0.6 is 0 Å². The van der Waals surface area contributed by atoms with Gasteiger partial charge in [-0.1, -0.05) is 66.7 Å². The summed E-state index contributed by atoms with van der Waals surface area (Å²) in [6.45, 7) is 3.08. The van der Waals surface area contributed by atoms with Crippen molar-refractivity contribution in [2.24, 2.45) is 0 Å². The molecule has 3 aromatic carbocycles. The number of amides is 1. The van der Waals surface area contributed by atoms with Crippen LogP contribution in [0.5, 0.6) is 0 Å². The van der Waals surface area contributed by atoms with Gasteiger partial charge in [0.25, 0.3) is 5.91 Å². The lowest BCUT2D eigenvalue weighted by molar-refractivity contribution is 0.0950. The number of aromatic nitrogens is 4. The largest absolute Gasteiger partial charge is 0.348 e. The second-order valence-corrected chi connectivity index (χ2v) is 8.13. The summed E-state index contributed by atoms with van der Waals surface area (Å²) in [5.41, 5.74) is 6.77. The highest BCUT2D eigenvalue weighted by Crippen LogP contribution is 2.24. The first-order valence-electron chi connectivity index (χ1n) is 11.2. The van der Waals surface area contributed by atoms with Crippen LogP contribution in [-0.4, -0.2) is 25.5 Å². The van der Waals surface area contributed by atoms with Crippen molar-refractivity contribution in [1.29, 1.82) is 0 Å². The van der Waals surface area contributed by atoms with Crippen LogP contribution in [0.1, 0.15) is 27.2 Å². The number of hydrogen-bond acceptors (Lipinski definition) is 3. The van der Waals surface area contributed by atoms with E-state index in [4.69, 9.17) is 0 Å². The van der Waals surface area contributed by atoms with Crippen molar-refractivity contribution in [3.05, 3.63) is 126 Å². The molecule has 0 aliphatic rings. The molecule has 1 amide bonds. The molecule has 0 saturated carbocycles. The smallest absolute Gasteiger partial charge is 0.255 e. The topological polar surface area (TPSA) is 64.7 Å². The molecule has 2 heterocycles. The normalized spacial score (nSPS) is 10.9. The number of benzene rings is 3. The third-order valence-corrected chi connectivity index (χ3v) is 5.88. The predicted molar refractivity (Wildman–Crippen MR) is 133 cm³/mol. The molecule has 0 aliphatic heterocycles. The van der Waals surface area contributed by atoms with Gasteiger partial charge >= 0.3 is 0 Å². The Kier molecular flexibility index (Phi) is 6.03. The summed E-state index contributed by atoms with van der Waals surface area (Å²) < 4.78 is 3.69. The summed E-state index contributed by atoms with van der Waals surface area (Å²) in [6.07, 6.45) is 5.37. The predicted octanol–water partition coefficient (Wildman–Crippen LogP) is 5.02. The zero-order chi connectivity index (χ0) is 23.3. The van der Waals surface area contributed by atoms with Gasteiger partial charge in [-0.15, -0.1) is 0 Å². The first-order chi connectivity index (χ1) is 16.7. The Bertz CT molecular complexity index is 1390. The third kappa shape index (κ3) is 4.52. The number of carbonyl (C=O) groups is 1. The highest BCUT2D eigenvalue weighted by atomic mass is 16.1. The van der Waals surface area contributed by atoms with Crippen LogP contribution in [-0.2, 0) is 13.1 Å². The third-order valence-electron chi connectivity index (χ3n) is 5.88. The summed E-state index contributed by atoms with van der Waals surface area (Å²) in [4.78, 5) is 13.0. The summed E-state index contributed by atoms with van der Waals surface area (Å²) in [7, 11) is 0. The molecular formula is C28H25N5O. The van der Waals surface area contributed by atoms with Gasteiger partial charge in [0.2, 0.25) is 0 Å². The molecule has 0 radical (unpaired) electrons. The number of carbonyl (C=O) groups excluding carboxylic acids is 1. The lowest BCUT2D eigenvalue weighted by Gasteiger charge is -2.12. The highest BCUT2D eigenvalue weighted by Gasteiger charge is 2.15. The van der Waals surface area contributed by atoms with Crippen LogP contribution in [0, 0.1) is 6.92 Å². The fourth-order valence-corrected chi connectivity index (χ4v) is 4.06. The van der Waals surface area contributed by atoms with Crippen molar-refractivity contribution >= 4 is 5.91 Å². The average molecular weight is 448 g/mol. The molecular weight excluding hydrogens is 422 g/mol. The zero-order valence-electron chi connectivity index (χ0n) is 18.9. The van der Waals surface area contributed by atoms with E-state index in [1.165, 1.54) is 5.56 Å². The van der Waals surface area contributed by atoms with Crippen LogP contribution in [0.25, 0.3) is 16.8 Å². The van der Waals surface area contributed by atoms with Crippen LogP contribution < -0.4 is 5.32 Å². The van der Waals surface area contributed by atoms with Crippen molar-refractivity contribution < 1.29 is 4.79 Å². The van der Waals surface area contributed by atoms with Crippen molar-refractivity contribution in [2.45, 2.75) is 20.0 Å². The van der Waals surface area contributed by atoms with E-state index in [0.717, 1.165) is 34.6 Å². The number of rotatable bonds is 7. The number of nitrogens with zero attached hydrogens (tertiary/aromatic N) is 4. The van der Waals surface area contributed by atoms with Gasteiger partial charge in [-0.2, -0.15) is 10.2 Å². The first kappa shape index (κ1) is 21.4. The molecule has 6 heteroatoms. The van der Waals surface area contributed by atoms with Gasteiger partial charge in [0, 0.05) is 18.9 Å². The van der Waals surface area contributed by atoms with Crippen LogP contribution in [0.4, 0.5) is 0 Å². The van der Waals surface area contributed by atoms with Crippen molar-refractivity contribution in [2.75, 3.05) is 0 Å². The second-order valence-electron chi connectivity index (χ2n) is 8.13. The highest BCUT2D eigenvalue weighted by molar-refractivity contribution is 5.95. The molecule has 6 nitrogen and oxygen atoms in total. The molecule has 5 rings (SSSR count). The van der Waals surface area contributed by atoms with Gasteiger partial charge in [0.05, 0.1) is 29.7 Å². The van der Waals surface area contributed by atoms with Gasteiger partial charge < -0.3 is 5.32 Å². The minimum absolute atomic E-state index is 0.135. The van der Waals surface area contributed by atoms with E-state index in [0.29, 0.717) is 12.1 Å². The fourth-order valence-electron chi connectivity index (χ4n) is 4.06. The molecule has 0 bridgehead atoms. The quantitative estimate of drug-likeness (QED) is 0.381. The van der Waals surface area contributed by atoms with E-state index < -0.39 is 0 Å². The van der Waals surface area contributed by atoms with Crippen LogP contribution in [0.3, 0.4) is 0 Å². The van der Waals surface area contributed by atoms with Gasteiger partial charge in [-0.3, -0.25) is 9.48 Å². The van der Waals surface area contributed by atoms with Crippen LogP contribution in [0.2, 0.25) is 0 Å². The van der Waals surface area contributed by atoms with Crippen LogP contribution in [0.15, 0.2) is 104 Å². The minimum Gasteiger partial charge on any atom is -0.348 e. The van der Waals surface area contributed by atoms with E-state index in [1.807, 2.05) is 72.4 Å². The Morgan fingerprint density at radius 3 is 2.41 bits per heavy atom. The Hall–Kier alpha value is -4.45.